The summed E-state index contributed by atoms with van der Waals surface area (Å²) >= 11 is 0. The van der Waals surface area contributed by atoms with Gasteiger partial charge in [0.25, 0.3) is 0 Å². The molecule has 0 saturated carbocycles. The van der Waals surface area contributed by atoms with Gasteiger partial charge in [0.2, 0.25) is 0 Å². The number of ether oxygens (including phenoxy) is 2. The van der Waals surface area contributed by atoms with Gasteiger partial charge in [-0.15, -0.1) is 0 Å². The zero-order valence-corrected chi connectivity index (χ0v) is 7.77. The number of carbonyl (C=O) groups is 1. The first-order valence-electron chi connectivity index (χ1n) is 3.66. The summed E-state index contributed by atoms with van der Waals surface area (Å²) in [5.74, 6) is 0.432. The summed E-state index contributed by atoms with van der Waals surface area (Å²) in [7, 11) is 4.70. The van der Waals surface area contributed by atoms with E-state index in [9.17, 15) is 4.79 Å². The van der Waals surface area contributed by atoms with Crippen LogP contribution < -0.4 is 14.0 Å². The van der Waals surface area contributed by atoms with Crippen LogP contribution in [0.5, 0.6) is 11.9 Å². The topological polar surface area (TPSA) is 52.3 Å². The fourth-order valence-corrected chi connectivity index (χ4v) is 1.07. The Morgan fingerprint density at radius 3 is 2.62 bits per heavy atom. The summed E-state index contributed by atoms with van der Waals surface area (Å²) in [4.78, 5) is 14.5. The third-order valence-corrected chi connectivity index (χ3v) is 1.66. The molecular formula is C8H11N2O3+. The maximum absolute atomic E-state index is 10.6. The molecule has 0 unspecified atom stereocenters. The summed E-state index contributed by atoms with van der Waals surface area (Å²) in [5, 5.41) is 0. The molecule has 1 aromatic rings. The van der Waals surface area contributed by atoms with E-state index >= 15 is 0 Å². The second-order valence-electron chi connectivity index (χ2n) is 2.39. The van der Waals surface area contributed by atoms with Gasteiger partial charge in [0.05, 0.1) is 21.3 Å². The van der Waals surface area contributed by atoms with Crippen molar-refractivity contribution in [1.29, 1.82) is 0 Å². The van der Waals surface area contributed by atoms with Gasteiger partial charge in [-0.25, -0.2) is 0 Å². The van der Waals surface area contributed by atoms with Crippen molar-refractivity contribution in [3.63, 3.8) is 0 Å². The van der Waals surface area contributed by atoms with Crippen LogP contribution in [0.1, 0.15) is 10.4 Å². The van der Waals surface area contributed by atoms with Crippen LogP contribution in [0.25, 0.3) is 0 Å². The van der Waals surface area contributed by atoms with Crippen LogP contribution in [0.15, 0.2) is 6.20 Å². The molecule has 5 heteroatoms. The zero-order valence-electron chi connectivity index (χ0n) is 7.77. The lowest BCUT2D eigenvalue weighted by Crippen LogP contribution is -2.34. The van der Waals surface area contributed by atoms with Crippen LogP contribution in [-0.4, -0.2) is 25.5 Å². The molecule has 0 N–H and O–H groups in total. The van der Waals surface area contributed by atoms with E-state index in [0.717, 1.165) is 0 Å². The Hall–Kier alpha value is -1.65. The molecule has 0 amide bonds. The van der Waals surface area contributed by atoms with Gasteiger partial charge in [-0.2, -0.15) is 4.57 Å². The first-order chi connectivity index (χ1) is 6.24. The molecule has 0 radical (unpaired) electrons. The number of aromatic nitrogens is 2. The van der Waals surface area contributed by atoms with Crippen LogP contribution in [-0.2, 0) is 7.05 Å². The van der Waals surface area contributed by atoms with Crippen molar-refractivity contribution in [3.05, 3.63) is 11.8 Å². The van der Waals surface area contributed by atoms with Crippen LogP contribution >= 0.6 is 0 Å². The largest absolute Gasteiger partial charge is 0.500 e. The minimum Gasteiger partial charge on any atom is -0.465 e. The molecule has 5 nitrogen and oxygen atoms in total. The van der Waals surface area contributed by atoms with E-state index in [1.807, 2.05) is 0 Å². The van der Waals surface area contributed by atoms with Gasteiger partial charge >= 0.3 is 11.9 Å². The second kappa shape index (κ2) is 3.84. The molecule has 13 heavy (non-hydrogen) atoms. The Bertz CT molecular complexity index is 325. The average molecular weight is 183 g/mol. The summed E-state index contributed by atoms with van der Waals surface area (Å²) in [6, 6.07) is 0.391. The highest BCUT2D eigenvalue weighted by atomic mass is 16.5. The fourth-order valence-electron chi connectivity index (χ4n) is 1.07. The van der Waals surface area contributed by atoms with Gasteiger partial charge in [-0.3, -0.25) is 4.79 Å². The van der Waals surface area contributed by atoms with Crippen molar-refractivity contribution in [2.24, 2.45) is 7.05 Å². The van der Waals surface area contributed by atoms with E-state index in [-0.39, 0.29) is 0 Å². The van der Waals surface area contributed by atoms with E-state index in [1.165, 1.54) is 20.4 Å². The Kier molecular flexibility index (Phi) is 2.79. The lowest BCUT2D eigenvalue weighted by Gasteiger charge is -2.03. The predicted molar refractivity (Wildman–Crippen MR) is 43.9 cm³/mol. The molecule has 0 aliphatic heterocycles. The third-order valence-electron chi connectivity index (χ3n) is 1.66. The molecule has 1 aromatic heterocycles. The molecule has 70 valence electrons. The fraction of sp³-hybridized carbons (Fsp3) is 0.375. The molecule has 1 heterocycles. The number of hydrogen-bond acceptors (Lipinski definition) is 4. The lowest BCUT2D eigenvalue weighted by molar-refractivity contribution is -0.684. The first-order valence-corrected chi connectivity index (χ1v) is 3.66. The SMILES string of the molecule is COc1ncc(C=O)c(OC)[n+]1C. The molecule has 0 aromatic carbocycles. The summed E-state index contributed by atoms with van der Waals surface area (Å²) in [6.07, 6.45) is 2.09. The molecule has 1 rings (SSSR count). The molecule has 0 aliphatic carbocycles. The Balaban J connectivity index is 3.31. The average Bonchev–Trinajstić information content (AvgIpc) is 2.17. The monoisotopic (exact) mass is 183 g/mol. The Labute approximate surface area is 75.9 Å². The smallest absolute Gasteiger partial charge is 0.465 e. The van der Waals surface area contributed by atoms with Crippen LogP contribution in [0.2, 0.25) is 0 Å². The molecule has 0 atom stereocenters. The van der Waals surface area contributed by atoms with Gasteiger partial charge in [0.15, 0.2) is 12.5 Å². The van der Waals surface area contributed by atoms with E-state index in [1.54, 1.807) is 11.6 Å². The quantitative estimate of drug-likeness (QED) is 0.478. The van der Waals surface area contributed by atoms with E-state index in [4.69, 9.17) is 9.47 Å². The molecular weight excluding hydrogens is 172 g/mol. The minimum atomic E-state index is 0.391. The molecule has 0 saturated heterocycles. The third kappa shape index (κ3) is 1.58. The van der Waals surface area contributed by atoms with Crippen molar-refractivity contribution in [1.82, 2.24) is 4.98 Å². The maximum Gasteiger partial charge on any atom is 0.500 e. The number of methoxy groups -OCH3 is 2. The van der Waals surface area contributed by atoms with E-state index in [2.05, 4.69) is 4.98 Å². The number of carbonyl (C=O) groups excluding carboxylic acids is 1. The summed E-state index contributed by atoms with van der Waals surface area (Å²) in [5.41, 5.74) is 0.394. The Morgan fingerprint density at radius 1 is 1.46 bits per heavy atom. The van der Waals surface area contributed by atoms with Crippen molar-refractivity contribution in [3.8, 4) is 11.9 Å². The standard InChI is InChI=1S/C8H11N2O3/c1-10-7(12-2)6(5-11)4-9-8(10)13-3/h4-5H,1-3H3/q+1. The van der Waals surface area contributed by atoms with Gasteiger partial charge in [0, 0.05) is 0 Å². The highest BCUT2D eigenvalue weighted by Gasteiger charge is 2.19. The molecule has 0 bridgehead atoms. The van der Waals surface area contributed by atoms with E-state index < -0.39 is 0 Å². The van der Waals surface area contributed by atoms with Crippen molar-refractivity contribution < 1.29 is 18.8 Å². The van der Waals surface area contributed by atoms with Crippen LogP contribution in [0.4, 0.5) is 0 Å². The molecule has 0 aliphatic rings. The van der Waals surface area contributed by atoms with Gasteiger partial charge < -0.3 is 9.47 Å². The van der Waals surface area contributed by atoms with Crippen LogP contribution in [0.3, 0.4) is 0 Å². The molecule has 0 spiro atoms. The predicted octanol–water partition coefficient (Wildman–Crippen LogP) is -0.264. The first kappa shape index (κ1) is 9.44. The van der Waals surface area contributed by atoms with Crippen LogP contribution in [0, 0.1) is 0 Å². The Morgan fingerprint density at radius 2 is 2.15 bits per heavy atom. The lowest BCUT2D eigenvalue weighted by atomic mass is 10.3. The van der Waals surface area contributed by atoms with Crippen molar-refractivity contribution in [2.45, 2.75) is 0 Å². The zero-order chi connectivity index (χ0) is 9.84. The maximum atomic E-state index is 10.6. The number of aldehydes is 1. The second-order valence-corrected chi connectivity index (χ2v) is 2.39. The van der Waals surface area contributed by atoms with Gasteiger partial charge in [-0.1, -0.05) is 0 Å². The number of hydrogen-bond donors (Lipinski definition) is 0. The van der Waals surface area contributed by atoms with E-state index in [0.29, 0.717) is 23.7 Å². The number of nitrogens with zero attached hydrogens (tertiary/aromatic N) is 2. The highest BCUT2D eigenvalue weighted by molar-refractivity contribution is 5.76. The van der Waals surface area contributed by atoms with Crippen molar-refractivity contribution in [2.75, 3.05) is 14.2 Å². The number of rotatable bonds is 3. The highest BCUT2D eigenvalue weighted by Crippen LogP contribution is 2.11. The normalized spacial score (nSPS) is 9.46. The van der Waals surface area contributed by atoms with Gasteiger partial charge in [-0.05, 0) is 4.98 Å². The molecule has 0 fully saturated rings. The van der Waals surface area contributed by atoms with Gasteiger partial charge in [0.1, 0.15) is 5.56 Å². The summed E-state index contributed by atoms with van der Waals surface area (Å²) < 4.78 is 11.5. The summed E-state index contributed by atoms with van der Waals surface area (Å²) in [6.45, 7) is 0. The van der Waals surface area contributed by atoms with Crippen molar-refractivity contribution >= 4 is 6.29 Å². The minimum absolute atomic E-state index is 0.391.